The first-order valence-electron chi connectivity index (χ1n) is 10.6. The number of carbonyl (C=O) groups is 1. The first-order chi connectivity index (χ1) is 14.7. The van der Waals surface area contributed by atoms with Crippen molar-refractivity contribution >= 4 is 16.9 Å². The molecule has 0 bridgehead atoms. The molecule has 3 N–H and O–H groups in total. The van der Waals surface area contributed by atoms with Crippen molar-refractivity contribution in [3.8, 4) is 0 Å². The predicted octanol–water partition coefficient (Wildman–Crippen LogP) is 2.16. The molecule has 0 amide bonds. The van der Waals surface area contributed by atoms with Gasteiger partial charge in [-0.3, -0.25) is 4.79 Å². The van der Waals surface area contributed by atoms with Crippen LogP contribution in [0.5, 0.6) is 0 Å². The van der Waals surface area contributed by atoms with Crippen LogP contribution in [0, 0.1) is 11.8 Å². The van der Waals surface area contributed by atoms with Gasteiger partial charge in [0.25, 0.3) is 0 Å². The SMILES string of the molecule is COC(=O)[C@H]1[C@H](O)CC=C(CNCCc2c[nH]c3ccccc23)[C@@H]1CC1OCCO1. The molecule has 2 aliphatic rings. The highest BCUT2D eigenvalue weighted by Gasteiger charge is 2.41. The maximum Gasteiger partial charge on any atom is 0.311 e. The first-order valence-corrected chi connectivity index (χ1v) is 10.6. The van der Waals surface area contributed by atoms with Gasteiger partial charge in [-0.05, 0) is 31.0 Å². The van der Waals surface area contributed by atoms with Crippen LogP contribution in [0.3, 0.4) is 0 Å². The number of nitrogens with one attached hydrogen (secondary N) is 2. The van der Waals surface area contributed by atoms with E-state index in [0.29, 0.717) is 32.6 Å². The monoisotopic (exact) mass is 414 g/mol. The minimum absolute atomic E-state index is 0.176. The van der Waals surface area contributed by atoms with Crippen molar-refractivity contribution in [3.63, 3.8) is 0 Å². The van der Waals surface area contributed by atoms with E-state index in [-0.39, 0.29) is 18.2 Å². The van der Waals surface area contributed by atoms with Gasteiger partial charge in [0.15, 0.2) is 6.29 Å². The normalized spacial score (nSPS) is 24.9. The molecule has 4 rings (SSSR count). The van der Waals surface area contributed by atoms with Crippen LogP contribution in [0.2, 0.25) is 0 Å². The number of rotatable bonds is 8. The standard InChI is InChI=1S/C23H30N2O5/c1-28-23(27)22-18(12-21-29-10-11-30-21)15(6-7-20(22)26)13-24-9-8-16-14-25-19-5-3-2-4-17(16)19/h2-6,14,18,20-22,24-26H,7-13H2,1H3/t18-,20+,22+/m0/s1. The van der Waals surface area contributed by atoms with E-state index in [1.807, 2.05) is 12.1 Å². The summed E-state index contributed by atoms with van der Waals surface area (Å²) in [5.74, 6) is -1.15. The zero-order chi connectivity index (χ0) is 20.9. The molecular formula is C23H30N2O5. The van der Waals surface area contributed by atoms with Gasteiger partial charge in [0, 0.05) is 36.0 Å². The lowest BCUT2D eigenvalue weighted by Crippen LogP contribution is -2.42. The summed E-state index contributed by atoms with van der Waals surface area (Å²) in [6.45, 7) is 2.59. The average molecular weight is 415 g/mol. The van der Waals surface area contributed by atoms with Crippen LogP contribution >= 0.6 is 0 Å². The Morgan fingerprint density at radius 1 is 1.30 bits per heavy atom. The number of benzene rings is 1. The summed E-state index contributed by atoms with van der Waals surface area (Å²) in [6.07, 6.45) is 4.89. The maximum atomic E-state index is 12.4. The molecule has 30 heavy (non-hydrogen) atoms. The quantitative estimate of drug-likeness (QED) is 0.348. The van der Waals surface area contributed by atoms with E-state index in [9.17, 15) is 9.90 Å². The summed E-state index contributed by atoms with van der Waals surface area (Å²) in [6, 6.07) is 8.29. The molecule has 1 aliphatic heterocycles. The average Bonchev–Trinajstić information content (AvgIpc) is 3.42. The Morgan fingerprint density at radius 2 is 2.10 bits per heavy atom. The Kier molecular flexibility index (Phi) is 6.84. The van der Waals surface area contributed by atoms with Crippen molar-refractivity contribution in [2.45, 2.75) is 31.7 Å². The number of hydrogen-bond acceptors (Lipinski definition) is 6. The van der Waals surface area contributed by atoms with Gasteiger partial charge in [-0.25, -0.2) is 0 Å². The van der Waals surface area contributed by atoms with Gasteiger partial charge in [-0.1, -0.05) is 29.8 Å². The van der Waals surface area contributed by atoms with Crippen LogP contribution < -0.4 is 5.32 Å². The van der Waals surface area contributed by atoms with Crippen molar-refractivity contribution in [1.82, 2.24) is 10.3 Å². The first kappa shape index (κ1) is 21.1. The highest BCUT2D eigenvalue weighted by Crippen LogP contribution is 2.36. The molecule has 0 unspecified atom stereocenters. The van der Waals surface area contributed by atoms with E-state index in [2.05, 4.69) is 34.7 Å². The maximum absolute atomic E-state index is 12.4. The number of ether oxygens (including phenoxy) is 3. The van der Waals surface area contributed by atoms with Gasteiger partial charge < -0.3 is 29.6 Å². The molecule has 1 aromatic carbocycles. The molecule has 1 aromatic heterocycles. The number of methoxy groups -OCH3 is 1. The molecule has 1 aliphatic carbocycles. The number of fused-ring (bicyclic) bond motifs is 1. The van der Waals surface area contributed by atoms with Crippen LogP contribution in [0.4, 0.5) is 0 Å². The second-order valence-electron chi connectivity index (χ2n) is 7.93. The predicted molar refractivity (Wildman–Crippen MR) is 113 cm³/mol. The third-order valence-electron chi connectivity index (χ3n) is 6.13. The summed E-state index contributed by atoms with van der Waals surface area (Å²) in [7, 11) is 1.37. The summed E-state index contributed by atoms with van der Waals surface area (Å²) < 4.78 is 16.2. The zero-order valence-electron chi connectivity index (χ0n) is 17.3. The van der Waals surface area contributed by atoms with Crippen molar-refractivity contribution < 1.29 is 24.1 Å². The van der Waals surface area contributed by atoms with Crippen LogP contribution in [-0.2, 0) is 25.4 Å². The smallest absolute Gasteiger partial charge is 0.311 e. The third-order valence-corrected chi connectivity index (χ3v) is 6.13. The van der Waals surface area contributed by atoms with Crippen molar-refractivity contribution in [1.29, 1.82) is 0 Å². The largest absolute Gasteiger partial charge is 0.469 e. The molecule has 162 valence electrons. The molecular weight excluding hydrogens is 384 g/mol. The second-order valence-corrected chi connectivity index (χ2v) is 7.93. The molecule has 0 spiro atoms. The molecule has 7 nitrogen and oxygen atoms in total. The summed E-state index contributed by atoms with van der Waals surface area (Å²) >= 11 is 0. The van der Waals surface area contributed by atoms with Crippen LogP contribution in [0.25, 0.3) is 10.9 Å². The van der Waals surface area contributed by atoms with Crippen molar-refractivity contribution in [3.05, 3.63) is 47.7 Å². The number of aromatic amines is 1. The van der Waals surface area contributed by atoms with Gasteiger partial charge in [0.1, 0.15) is 0 Å². The lowest BCUT2D eigenvalue weighted by molar-refractivity contribution is -0.154. The number of carbonyl (C=O) groups excluding carboxylic acids is 1. The zero-order valence-corrected chi connectivity index (χ0v) is 17.3. The number of aromatic nitrogens is 1. The van der Waals surface area contributed by atoms with E-state index >= 15 is 0 Å². The van der Waals surface area contributed by atoms with Gasteiger partial charge in [0.2, 0.25) is 0 Å². The van der Waals surface area contributed by atoms with Gasteiger partial charge in [-0.15, -0.1) is 0 Å². The molecule has 1 fully saturated rings. The third kappa shape index (κ3) is 4.59. The molecule has 0 radical (unpaired) electrons. The summed E-state index contributed by atoms with van der Waals surface area (Å²) in [5, 5.41) is 15.2. The molecule has 2 heterocycles. The van der Waals surface area contributed by atoms with E-state index in [1.165, 1.54) is 18.1 Å². The lowest BCUT2D eigenvalue weighted by atomic mass is 9.74. The Balaban J connectivity index is 1.39. The second kappa shape index (κ2) is 9.75. The minimum Gasteiger partial charge on any atom is -0.469 e. The number of H-pyrrole nitrogens is 1. The van der Waals surface area contributed by atoms with E-state index in [4.69, 9.17) is 14.2 Å². The highest BCUT2D eigenvalue weighted by atomic mass is 16.7. The van der Waals surface area contributed by atoms with Gasteiger partial charge >= 0.3 is 5.97 Å². The molecule has 2 aromatic rings. The Hall–Kier alpha value is -2.19. The fourth-order valence-electron chi connectivity index (χ4n) is 4.57. The molecule has 1 saturated heterocycles. The summed E-state index contributed by atoms with van der Waals surface area (Å²) in [5.41, 5.74) is 3.53. The number of aliphatic hydroxyl groups excluding tert-OH is 1. The van der Waals surface area contributed by atoms with E-state index in [1.54, 1.807) is 0 Å². The molecule has 3 atom stereocenters. The van der Waals surface area contributed by atoms with Crippen LogP contribution in [0.15, 0.2) is 42.1 Å². The lowest BCUT2D eigenvalue weighted by Gasteiger charge is -2.35. The topological polar surface area (TPSA) is 92.8 Å². The fraction of sp³-hybridized carbons (Fsp3) is 0.522. The van der Waals surface area contributed by atoms with Gasteiger partial charge in [0.05, 0.1) is 32.3 Å². The number of para-hydroxylation sites is 1. The van der Waals surface area contributed by atoms with Crippen LogP contribution in [0.1, 0.15) is 18.4 Å². The molecule has 7 heteroatoms. The summed E-state index contributed by atoms with van der Waals surface area (Å²) in [4.78, 5) is 15.7. The van der Waals surface area contributed by atoms with Crippen LogP contribution in [-0.4, -0.2) is 61.9 Å². The fourth-order valence-corrected chi connectivity index (χ4v) is 4.57. The molecule has 0 saturated carbocycles. The van der Waals surface area contributed by atoms with Gasteiger partial charge in [-0.2, -0.15) is 0 Å². The minimum atomic E-state index is -0.751. The Labute approximate surface area is 176 Å². The van der Waals surface area contributed by atoms with E-state index in [0.717, 1.165) is 24.1 Å². The van der Waals surface area contributed by atoms with Crippen molar-refractivity contribution in [2.75, 3.05) is 33.4 Å². The van der Waals surface area contributed by atoms with E-state index < -0.39 is 12.0 Å². The number of aliphatic hydroxyl groups is 1. The Morgan fingerprint density at radius 3 is 2.90 bits per heavy atom. The highest BCUT2D eigenvalue weighted by molar-refractivity contribution is 5.83. The number of hydrogen-bond donors (Lipinski definition) is 3. The number of esters is 1. The Bertz CT molecular complexity index is 887. The van der Waals surface area contributed by atoms with Crippen molar-refractivity contribution in [2.24, 2.45) is 11.8 Å².